The van der Waals surface area contributed by atoms with E-state index in [9.17, 15) is 9.18 Å². The van der Waals surface area contributed by atoms with Crippen molar-refractivity contribution < 1.29 is 13.6 Å². The van der Waals surface area contributed by atoms with E-state index in [1.807, 2.05) is 36.6 Å². The zero-order valence-corrected chi connectivity index (χ0v) is 16.1. The first-order valence-electron chi connectivity index (χ1n) is 8.90. The van der Waals surface area contributed by atoms with E-state index in [0.717, 1.165) is 10.8 Å². The number of furan rings is 1. The number of amides is 1. The third-order valence-electron chi connectivity index (χ3n) is 4.72. The molecular weight excluding hydrogens is 391 g/mol. The van der Waals surface area contributed by atoms with Gasteiger partial charge in [-0.25, -0.2) is 14.4 Å². The Kier molecular flexibility index (Phi) is 4.21. The largest absolute Gasteiger partial charge is 0.457 e. The van der Waals surface area contributed by atoms with E-state index in [2.05, 4.69) is 10.4 Å². The third kappa shape index (κ3) is 3.01. The maximum absolute atomic E-state index is 13.2. The molecule has 0 saturated heterocycles. The van der Waals surface area contributed by atoms with Gasteiger partial charge in [0.25, 0.3) is 5.91 Å². The monoisotopic (exact) mass is 406 g/mol. The minimum Gasteiger partial charge on any atom is -0.457 e. The first kappa shape index (κ1) is 17.7. The molecular formula is C21H15FN4O2S. The number of carbonyl (C=O) groups excluding carboxylic acids is 1. The number of carbonyl (C=O) groups is 1. The molecule has 0 unspecified atom stereocenters. The Morgan fingerprint density at radius 2 is 1.90 bits per heavy atom. The summed E-state index contributed by atoms with van der Waals surface area (Å²) in [5, 5.41) is 10.9. The van der Waals surface area contributed by atoms with Gasteiger partial charge in [0.1, 0.15) is 17.3 Å². The molecule has 1 amide bonds. The van der Waals surface area contributed by atoms with E-state index >= 15 is 0 Å². The number of fused-ring (bicyclic) bond motifs is 2. The lowest BCUT2D eigenvalue weighted by molar-refractivity contribution is -0.116. The lowest BCUT2D eigenvalue weighted by Gasteiger charge is -2.32. The van der Waals surface area contributed by atoms with Gasteiger partial charge in [-0.15, -0.1) is 5.10 Å². The summed E-state index contributed by atoms with van der Waals surface area (Å²) in [6.07, 6.45) is 1.22. The molecule has 0 saturated carbocycles. The Morgan fingerprint density at radius 3 is 2.69 bits per heavy atom. The van der Waals surface area contributed by atoms with E-state index in [0.29, 0.717) is 27.7 Å². The van der Waals surface area contributed by atoms with Gasteiger partial charge in [-0.2, -0.15) is 0 Å². The van der Waals surface area contributed by atoms with Gasteiger partial charge in [0, 0.05) is 10.8 Å². The number of hydrogen-bond acceptors (Lipinski definition) is 6. The molecule has 2 aromatic carbocycles. The second kappa shape index (κ2) is 6.89. The van der Waals surface area contributed by atoms with Crippen LogP contribution in [-0.2, 0) is 4.79 Å². The predicted octanol–water partition coefficient (Wildman–Crippen LogP) is 2.59. The molecule has 0 fully saturated rings. The van der Waals surface area contributed by atoms with Crippen molar-refractivity contribution in [1.29, 1.82) is 0 Å². The van der Waals surface area contributed by atoms with Gasteiger partial charge in [-0.1, -0.05) is 30.0 Å². The normalized spacial score (nSPS) is 17.8. The average molecular weight is 406 g/mol. The number of thioether (sulfide) groups is 1. The van der Waals surface area contributed by atoms with E-state index in [1.165, 1.54) is 23.9 Å². The SMILES string of the molecule is CSC1=NN2C(=c3ccccc3=N[C@@H]2c2ccc(-c3ccc(F)cc3)o2)C(=O)N1. The van der Waals surface area contributed by atoms with Crippen LogP contribution in [0, 0.1) is 5.82 Å². The molecule has 3 heterocycles. The molecule has 8 heteroatoms. The number of rotatable bonds is 2. The molecule has 6 nitrogen and oxygen atoms in total. The molecule has 2 aliphatic heterocycles. The molecule has 0 aliphatic carbocycles. The van der Waals surface area contributed by atoms with Gasteiger partial charge in [0.2, 0.25) is 6.17 Å². The number of halogens is 1. The third-order valence-corrected chi connectivity index (χ3v) is 5.29. The molecule has 0 bridgehead atoms. The molecule has 1 atom stereocenters. The van der Waals surface area contributed by atoms with Crippen LogP contribution in [0.15, 0.2) is 75.2 Å². The number of amidine groups is 1. The highest BCUT2D eigenvalue weighted by Gasteiger charge is 2.35. The maximum Gasteiger partial charge on any atom is 0.276 e. The van der Waals surface area contributed by atoms with Crippen molar-refractivity contribution in [3.63, 3.8) is 0 Å². The van der Waals surface area contributed by atoms with Crippen LogP contribution in [-0.4, -0.2) is 22.3 Å². The number of hydrogen-bond donors (Lipinski definition) is 1. The Morgan fingerprint density at radius 1 is 1.10 bits per heavy atom. The summed E-state index contributed by atoms with van der Waals surface area (Å²) in [6.45, 7) is 0. The van der Waals surface area contributed by atoms with Crippen LogP contribution in [0.1, 0.15) is 11.9 Å². The van der Waals surface area contributed by atoms with Crippen LogP contribution < -0.4 is 15.9 Å². The maximum atomic E-state index is 13.2. The van der Waals surface area contributed by atoms with E-state index in [-0.39, 0.29) is 11.7 Å². The highest BCUT2D eigenvalue weighted by Crippen LogP contribution is 2.33. The van der Waals surface area contributed by atoms with Crippen molar-refractivity contribution in [3.8, 4) is 11.3 Å². The highest BCUT2D eigenvalue weighted by atomic mass is 32.2. The molecule has 29 heavy (non-hydrogen) atoms. The van der Waals surface area contributed by atoms with Gasteiger partial charge in [0.15, 0.2) is 10.9 Å². The van der Waals surface area contributed by atoms with Crippen LogP contribution in [0.4, 0.5) is 4.39 Å². The van der Waals surface area contributed by atoms with Crippen molar-refractivity contribution >= 4 is 28.5 Å². The lowest BCUT2D eigenvalue weighted by Crippen LogP contribution is -2.50. The number of para-hydroxylation sites is 1. The topological polar surface area (TPSA) is 70.2 Å². The highest BCUT2D eigenvalue weighted by molar-refractivity contribution is 8.13. The number of nitrogens with one attached hydrogen (secondary N) is 1. The van der Waals surface area contributed by atoms with Crippen molar-refractivity contribution in [2.45, 2.75) is 6.17 Å². The van der Waals surface area contributed by atoms with Crippen molar-refractivity contribution in [2.24, 2.45) is 10.1 Å². The van der Waals surface area contributed by atoms with Crippen LogP contribution in [0.5, 0.6) is 0 Å². The van der Waals surface area contributed by atoms with Gasteiger partial charge < -0.3 is 4.42 Å². The summed E-state index contributed by atoms with van der Waals surface area (Å²) in [7, 11) is 0. The van der Waals surface area contributed by atoms with Crippen LogP contribution in [0.25, 0.3) is 17.0 Å². The molecule has 0 radical (unpaired) electrons. The number of nitrogens with zero attached hydrogens (tertiary/aromatic N) is 3. The summed E-state index contributed by atoms with van der Waals surface area (Å²) in [4.78, 5) is 17.6. The average Bonchev–Trinajstić information content (AvgIpc) is 3.23. The van der Waals surface area contributed by atoms with Crippen LogP contribution in [0.2, 0.25) is 0 Å². The van der Waals surface area contributed by atoms with Crippen LogP contribution >= 0.6 is 11.8 Å². The Balaban J connectivity index is 1.65. The van der Waals surface area contributed by atoms with Gasteiger partial charge in [-0.05, 0) is 48.7 Å². The standard InChI is InChI=1S/C21H15FN4O2S/c1-29-21-24-20(27)18-14-4-2-3-5-15(14)23-19(26(18)25-21)17-11-10-16(28-17)12-6-8-13(22)9-7-12/h2-11,19H,1H3,(H,24,25,27)/t19-/m0/s1. The first-order chi connectivity index (χ1) is 14.1. The Hall–Kier alpha value is -3.39. The molecule has 2 aliphatic rings. The fraction of sp³-hybridized carbons (Fsp3) is 0.0952. The molecule has 3 aromatic rings. The summed E-state index contributed by atoms with van der Waals surface area (Å²) >= 11 is 1.34. The van der Waals surface area contributed by atoms with Crippen molar-refractivity contribution in [3.05, 3.63) is 82.8 Å². The van der Waals surface area contributed by atoms with Crippen molar-refractivity contribution in [1.82, 2.24) is 10.3 Å². The molecule has 0 spiro atoms. The Labute approximate surface area is 169 Å². The fourth-order valence-electron chi connectivity index (χ4n) is 3.37. The lowest BCUT2D eigenvalue weighted by atomic mass is 10.1. The first-order valence-corrected chi connectivity index (χ1v) is 10.1. The van der Waals surface area contributed by atoms with E-state index in [4.69, 9.17) is 9.41 Å². The summed E-state index contributed by atoms with van der Waals surface area (Å²) < 4.78 is 19.3. The summed E-state index contributed by atoms with van der Waals surface area (Å²) in [5.41, 5.74) is 1.18. The minimum absolute atomic E-state index is 0.234. The summed E-state index contributed by atoms with van der Waals surface area (Å²) in [5.74, 6) is 0.584. The fourth-order valence-corrected chi connectivity index (χ4v) is 3.73. The van der Waals surface area contributed by atoms with Gasteiger partial charge in [0.05, 0.1) is 5.36 Å². The second-order valence-corrected chi connectivity index (χ2v) is 7.28. The molecule has 144 valence electrons. The summed E-state index contributed by atoms with van der Waals surface area (Å²) in [6, 6.07) is 17.1. The van der Waals surface area contributed by atoms with Crippen molar-refractivity contribution in [2.75, 3.05) is 6.26 Å². The predicted molar refractivity (Wildman–Crippen MR) is 108 cm³/mol. The zero-order chi connectivity index (χ0) is 20.0. The zero-order valence-electron chi connectivity index (χ0n) is 15.3. The second-order valence-electron chi connectivity index (χ2n) is 6.49. The van der Waals surface area contributed by atoms with E-state index in [1.54, 1.807) is 23.2 Å². The Bertz CT molecular complexity index is 1270. The number of benzene rings is 2. The van der Waals surface area contributed by atoms with Gasteiger partial charge >= 0.3 is 0 Å². The molecule has 1 aromatic heterocycles. The molecule has 5 rings (SSSR count). The van der Waals surface area contributed by atoms with Crippen LogP contribution in [0.3, 0.4) is 0 Å². The number of hydrazone groups is 1. The van der Waals surface area contributed by atoms with E-state index < -0.39 is 6.17 Å². The molecule has 1 N–H and O–H groups in total. The smallest absolute Gasteiger partial charge is 0.276 e. The minimum atomic E-state index is -0.623. The van der Waals surface area contributed by atoms with Gasteiger partial charge in [-0.3, -0.25) is 10.1 Å². The quantitative estimate of drug-likeness (QED) is 0.710.